The van der Waals surface area contributed by atoms with Crippen LogP contribution < -0.4 is 14.2 Å². The Kier molecular flexibility index (Phi) is 4.70. The van der Waals surface area contributed by atoms with E-state index >= 15 is 0 Å². The number of carbonyl (C=O) groups excluding carboxylic acids is 2. The van der Waals surface area contributed by atoms with Gasteiger partial charge >= 0.3 is 11.9 Å². The summed E-state index contributed by atoms with van der Waals surface area (Å²) in [6, 6.07) is 10.7. The van der Waals surface area contributed by atoms with Gasteiger partial charge in [-0.1, -0.05) is 24.3 Å². The number of rotatable bonds is 3. The van der Waals surface area contributed by atoms with Crippen LogP contribution in [0.1, 0.15) is 43.1 Å². The van der Waals surface area contributed by atoms with Crippen molar-refractivity contribution in [2.24, 2.45) is 0 Å². The fourth-order valence-corrected chi connectivity index (χ4v) is 3.49. The molecule has 0 spiro atoms. The first-order chi connectivity index (χ1) is 13.9. The molecule has 0 amide bonds. The standard InChI is InChI=1S/C23H21NO5/c1-14(25)27-21-18-10-11-23(2,3)29-19(18)16-8-4-5-9-17(16)20(21)28-22(26)15-7-6-12-24-13-15/h4-9,12-13H,10-11H2,1-3H3. The van der Waals surface area contributed by atoms with Gasteiger partial charge in [-0.15, -0.1) is 0 Å². The Morgan fingerprint density at radius 1 is 1.03 bits per heavy atom. The molecule has 4 rings (SSSR count). The number of hydrogen-bond donors (Lipinski definition) is 0. The zero-order valence-corrected chi connectivity index (χ0v) is 16.5. The van der Waals surface area contributed by atoms with Crippen molar-refractivity contribution in [2.45, 2.75) is 39.2 Å². The molecule has 0 saturated heterocycles. The van der Waals surface area contributed by atoms with Gasteiger partial charge in [0.25, 0.3) is 0 Å². The van der Waals surface area contributed by atoms with Gasteiger partial charge in [0, 0.05) is 35.7 Å². The molecule has 0 fully saturated rings. The zero-order valence-electron chi connectivity index (χ0n) is 16.5. The summed E-state index contributed by atoms with van der Waals surface area (Å²) < 4.78 is 17.6. The molecule has 0 atom stereocenters. The number of esters is 2. The fraction of sp³-hybridized carbons (Fsp3) is 0.261. The lowest BCUT2D eigenvalue weighted by atomic mass is 9.91. The van der Waals surface area contributed by atoms with Gasteiger partial charge in [-0.05, 0) is 38.8 Å². The van der Waals surface area contributed by atoms with E-state index in [1.807, 2.05) is 38.1 Å². The molecule has 1 aromatic heterocycles. The molecular formula is C23H21NO5. The highest BCUT2D eigenvalue weighted by molar-refractivity contribution is 6.01. The van der Waals surface area contributed by atoms with Crippen molar-refractivity contribution in [3.63, 3.8) is 0 Å². The minimum Gasteiger partial charge on any atom is -0.487 e. The van der Waals surface area contributed by atoms with Crippen molar-refractivity contribution in [2.75, 3.05) is 0 Å². The van der Waals surface area contributed by atoms with E-state index in [1.165, 1.54) is 13.1 Å². The molecule has 0 unspecified atom stereocenters. The quantitative estimate of drug-likeness (QED) is 0.484. The average molecular weight is 391 g/mol. The monoisotopic (exact) mass is 391 g/mol. The van der Waals surface area contributed by atoms with Crippen LogP contribution >= 0.6 is 0 Å². The first-order valence-corrected chi connectivity index (χ1v) is 9.43. The van der Waals surface area contributed by atoms with Crippen LogP contribution in [0.25, 0.3) is 10.8 Å². The summed E-state index contributed by atoms with van der Waals surface area (Å²) in [7, 11) is 0. The molecule has 148 valence electrons. The highest BCUT2D eigenvalue weighted by Crippen LogP contribution is 2.50. The van der Waals surface area contributed by atoms with Gasteiger partial charge in [-0.3, -0.25) is 9.78 Å². The van der Waals surface area contributed by atoms with Crippen LogP contribution in [0.3, 0.4) is 0 Å². The molecule has 0 N–H and O–H groups in total. The van der Waals surface area contributed by atoms with Gasteiger partial charge in [0.05, 0.1) is 5.56 Å². The lowest BCUT2D eigenvalue weighted by Gasteiger charge is -2.34. The number of fused-ring (bicyclic) bond motifs is 3. The molecule has 6 nitrogen and oxygen atoms in total. The molecule has 29 heavy (non-hydrogen) atoms. The Bertz CT molecular complexity index is 1110. The fourth-order valence-electron chi connectivity index (χ4n) is 3.49. The van der Waals surface area contributed by atoms with Crippen LogP contribution in [-0.2, 0) is 11.2 Å². The molecule has 0 aliphatic carbocycles. The number of ether oxygens (including phenoxy) is 3. The van der Waals surface area contributed by atoms with Crippen molar-refractivity contribution < 1.29 is 23.8 Å². The number of aromatic nitrogens is 1. The van der Waals surface area contributed by atoms with Gasteiger partial charge in [0.2, 0.25) is 0 Å². The summed E-state index contributed by atoms with van der Waals surface area (Å²) in [6.07, 6.45) is 4.38. The van der Waals surface area contributed by atoms with Crippen LogP contribution in [0.4, 0.5) is 0 Å². The smallest absolute Gasteiger partial charge is 0.345 e. The SMILES string of the molecule is CC(=O)Oc1c2c(c3ccccc3c1OC(=O)c1cccnc1)OC(C)(C)CC2. The van der Waals surface area contributed by atoms with Gasteiger partial charge in [0.1, 0.15) is 11.4 Å². The maximum atomic E-state index is 12.7. The molecule has 2 aromatic carbocycles. The molecule has 2 heterocycles. The van der Waals surface area contributed by atoms with E-state index in [4.69, 9.17) is 14.2 Å². The predicted octanol–water partition coefficient (Wildman–Crippen LogP) is 4.48. The average Bonchev–Trinajstić information content (AvgIpc) is 2.70. The summed E-state index contributed by atoms with van der Waals surface area (Å²) in [6.45, 7) is 5.36. The Balaban J connectivity index is 1.93. The van der Waals surface area contributed by atoms with E-state index in [9.17, 15) is 9.59 Å². The summed E-state index contributed by atoms with van der Waals surface area (Å²) >= 11 is 0. The number of nitrogens with zero attached hydrogens (tertiary/aromatic N) is 1. The predicted molar refractivity (Wildman–Crippen MR) is 107 cm³/mol. The highest BCUT2D eigenvalue weighted by atomic mass is 16.6. The van der Waals surface area contributed by atoms with Crippen LogP contribution in [0.2, 0.25) is 0 Å². The topological polar surface area (TPSA) is 74.7 Å². The van der Waals surface area contributed by atoms with Crippen molar-refractivity contribution in [3.05, 3.63) is 59.9 Å². The van der Waals surface area contributed by atoms with Crippen molar-refractivity contribution >= 4 is 22.7 Å². The second kappa shape index (κ2) is 7.20. The third kappa shape index (κ3) is 3.66. The second-order valence-corrected chi connectivity index (χ2v) is 7.60. The number of carbonyl (C=O) groups is 2. The first-order valence-electron chi connectivity index (χ1n) is 9.43. The van der Waals surface area contributed by atoms with E-state index < -0.39 is 11.9 Å². The normalized spacial score (nSPS) is 14.6. The van der Waals surface area contributed by atoms with E-state index in [0.29, 0.717) is 23.1 Å². The van der Waals surface area contributed by atoms with E-state index in [2.05, 4.69) is 4.98 Å². The van der Waals surface area contributed by atoms with Crippen LogP contribution in [0.5, 0.6) is 17.2 Å². The summed E-state index contributed by atoms with van der Waals surface area (Å²) in [5.74, 6) is 0.0413. The Morgan fingerprint density at radius 3 is 2.48 bits per heavy atom. The minimum atomic E-state index is -0.575. The largest absolute Gasteiger partial charge is 0.487 e. The molecule has 3 aromatic rings. The van der Waals surface area contributed by atoms with Gasteiger partial charge in [0.15, 0.2) is 11.5 Å². The summed E-state index contributed by atoms with van der Waals surface area (Å²) in [5.41, 5.74) is 0.685. The minimum absolute atomic E-state index is 0.215. The van der Waals surface area contributed by atoms with Crippen molar-refractivity contribution in [3.8, 4) is 17.2 Å². The molecule has 1 aliphatic heterocycles. The van der Waals surface area contributed by atoms with E-state index in [1.54, 1.807) is 18.3 Å². The van der Waals surface area contributed by atoms with Gasteiger partial charge in [-0.25, -0.2) is 4.79 Å². The van der Waals surface area contributed by atoms with Crippen molar-refractivity contribution in [1.29, 1.82) is 0 Å². The van der Waals surface area contributed by atoms with Crippen LogP contribution in [0.15, 0.2) is 48.8 Å². The number of pyridine rings is 1. The van der Waals surface area contributed by atoms with E-state index in [0.717, 1.165) is 17.4 Å². The van der Waals surface area contributed by atoms with Gasteiger partial charge < -0.3 is 14.2 Å². The lowest BCUT2D eigenvalue weighted by molar-refractivity contribution is -0.132. The Labute approximate surface area is 168 Å². The highest BCUT2D eigenvalue weighted by Gasteiger charge is 2.34. The molecule has 0 radical (unpaired) electrons. The summed E-state index contributed by atoms with van der Waals surface area (Å²) in [4.78, 5) is 28.6. The Hall–Kier alpha value is -3.41. The Morgan fingerprint density at radius 2 is 1.79 bits per heavy atom. The summed E-state index contributed by atoms with van der Waals surface area (Å²) in [5, 5.41) is 1.44. The van der Waals surface area contributed by atoms with Crippen LogP contribution in [0, 0.1) is 0 Å². The number of hydrogen-bond acceptors (Lipinski definition) is 6. The van der Waals surface area contributed by atoms with Gasteiger partial charge in [-0.2, -0.15) is 0 Å². The lowest BCUT2D eigenvalue weighted by Crippen LogP contribution is -2.33. The van der Waals surface area contributed by atoms with E-state index in [-0.39, 0.29) is 17.1 Å². The molecule has 6 heteroatoms. The number of benzene rings is 2. The molecule has 0 saturated carbocycles. The maximum Gasteiger partial charge on any atom is 0.345 e. The second-order valence-electron chi connectivity index (χ2n) is 7.60. The van der Waals surface area contributed by atoms with Crippen LogP contribution in [-0.4, -0.2) is 22.5 Å². The molecule has 1 aliphatic rings. The maximum absolute atomic E-state index is 12.7. The molecule has 0 bridgehead atoms. The zero-order chi connectivity index (χ0) is 20.6. The first kappa shape index (κ1) is 18.9. The molecular weight excluding hydrogens is 370 g/mol. The third-order valence-electron chi connectivity index (χ3n) is 4.86. The third-order valence-corrected chi connectivity index (χ3v) is 4.86. The van der Waals surface area contributed by atoms with Crippen molar-refractivity contribution in [1.82, 2.24) is 4.98 Å².